The largest absolute Gasteiger partial charge is 0.385 e. The molecule has 0 aliphatic carbocycles. The number of para-hydroxylation sites is 1. The zero-order valence-corrected chi connectivity index (χ0v) is 15.6. The maximum atomic E-state index is 5.13. The zero-order chi connectivity index (χ0) is 18.5. The molecule has 1 aliphatic heterocycles. The molecule has 3 aromatic rings. The van der Waals surface area contributed by atoms with Crippen LogP contribution < -0.4 is 10.2 Å². The predicted octanol–water partition coefficient (Wildman–Crippen LogP) is 4.29. The van der Waals surface area contributed by atoms with Gasteiger partial charge in [-0.05, 0) is 24.5 Å². The number of nitrogens with zero attached hydrogens (tertiary/aromatic N) is 3. The minimum Gasteiger partial charge on any atom is -0.385 e. The average molecular weight is 360 g/mol. The van der Waals surface area contributed by atoms with Crippen molar-refractivity contribution in [1.82, 2.24) is 9.97 Å². The fourth-order valence-corrected chi connectivity index (χ4v) is 3.40. The molecule has 2 aromatic carbocycles. The Morgan fingerprint density at radius 2 is 1.85 bits per heavy atom. The molecule has 27 heavy (non-hydrogen) atoms. The van der Waals surface area contributed by atoms with Gasteiger partial charge in [-0.25, -0.2) is 4.98 Å². The van der Waals surface area contributed by atoms with Crippen LogP contribution in [0.25, 0.3) is 11.3 Å². The number of fused-ring (bicyclic) bond motifs is 1. The highest BCUT2D eigenvalue weighted by Crippen LogP contribution is 2.35. The molecule has 0 amide bonds. The molecule has 4 rings (SSSR count). The molecule has 0 atom stereocenters. The Hall–Kier alpha value is -2.92. The van der Waals surface area contributed by atoms with E-state index in [9.17, 15) is 0 Å². The Kier molecular flexibility index (Phi) is 5.30. The molecule has 0 bridgehead atoms. The van der Waals surface area contributed by atoms with Crippen LogP contribution in [0.4, 0.5) is 17.5 Å². The van der Waals surface area contributed by atoms with Crippen LogP contribution >= 0.6 is 0 Å². The number of anilines is 3. The van der Waals surface area contributed by atoms with Gasteiger partial charge < -0.3 is 15.0 Å². The SMILES string of the molecule is COCCCNc1nc(-c2ccccc2)cc(N2CCc3ccccc32)n1. The molecular weight excluding hydrogens is 336 g/mol. The van der Waals surface area contributed by atoms with Gasteiger partial charge in [-0.2, -0.15) is 4.98 Å². The highest BCUT2D eigenvalue weighted by molar-refractivity contribution is 5.72. The predicted molar refractivity (Wildman–Crippen MR) is 110 cm³/mol. The first-order valence-corrected chi connectivity index (χ1v) is 9.38. The van der Waals surface area contributed by atoms with Crippen LogP contribution in [0.3, 0.4) is 0 Å². The Morgan fingerprint density at radius 1 is 1.04 bits per heavy atom. The second-order valence-electron chi connectivity index (χ2n) is 6.60. The third-order valence-electron chi connectivity index (χ3n) is 4.75. The third-order valence-corrected chi connectivity index (χ3v) is 4.75. The van der Waals surface area contributed by atoms with E-state index in [-0.39, 0.29) is 0 Å². The summed E-state index contributed by atoms with van der Waals surface area (Å²) in [5.74, 6) is 1.59. The maximum Gasteiger partial charge on any atom is 0.225 e. The van der Waals surface area contributed by atoms with Crippen molar-refractivity contribution in [3.05, 3.63) is 66.2 Å². The van der Waals surface area contributed by atoms with Crippen molar-refractivity contribution in [2.24, 2.45) is 0 Å². The summed E-state index contributed by atoms with van der Waals surface area (Å²) in [7, 11) is 1.72. The first-order valence-electron chi connectivity index (χ1n) is 9.38. The molecule has 1 aromatic heterocycles. The van der Waals surface area contributed by atoms with E-state index in [0.717, 1.165) is 49.6 Å². The van der Waals surface area contributed by atoms with Gasteiger partial charge in [0.05, 0.1) is 5.69 Å². The first kappa shape index (κ1) is 17.5. The van der Waals surface area contributed by atoms with Crippen molar-refractivity contribution in [2.45, 2.75) is 12.8 Å². The lowest BCUT2D eigenvalue weighted by Gasteiger charge is -2.20. The van der Waals surface area contributed by atoms with E-state index in [2.05, 4.69) is 52.7 Å². The molecule has 0 saturated carbocycles. The lowest BCUT2D eigenvalue weighted by atomic mass is 10.1. The van der Waals surface area contributed by atoms with E-state index in [1.54, 1.807) is 7.11 Å². The van der Waals surface area contributed by atoms with E-state index in [4.69, 9.17) is 14.7 Å². The Balaban J connectivity index is 1.68. The smallest absolute Gasteiger partial charge is 0.225 e. The van der Waals surface area contributed by atoms with Crippen molar-refractivity contribution in [3.63, 3.8) is 0 Å². The molecule has 0 radical (unpaired) electrons. The summed E-state index contributed by atoms with van der Waals surface area (Å²) < 4.78 is 5.13. The molecule has 5 nitrogen and oxygen atoms in total. The van der Waals surface area contributed by atoms with Gasteiger partial charge in [-0.1, -0.05) is 48.5 Å². The molecular formula is C22H24N4O. The minimum atomic E-state index is 0.659. The van der Waals surface area contributed by atoms with Gasteiger partial charge in [-0.15, -0.1) is 0 Å². The highest BCUT2D eigenvalue weighted by atomic mass is 16.5. The van der Waals surface area contributed by atoms with E-state index in [1.807, 2.05) is 18.2 Å². The summed E-state index contributed by atoms with van der Waals surface area (Å²) in [6.45, 7) is 2.44. The lowest BCUT2D eigenvalue weighted by Crippen LogP contribution is -2.17. The Labute approximate surface area is 160 Å². The average Bonchev–Trinajstić information content (AvgIpc) is 3.16. The van der Waals surface area contributed by atoms with Gasteiger partial charge in [0, 0.05) is 44.1 Å². The number of benzene rings is 2. The molecule has 0 saturated heterocycles. The number of hydrogen-bond acceptors (Lipinski definition) is 5. The van der Waals surface area contributed by atoms with Gasteiger partial charge >= 0.3 is 0 Å². The summed E-state index contributed by atoms with van der Waals surface area (Å²) in [4.78, 5) is 11.8. The van der Waals surface area contributed by atoms with Crippen LogP contribution in [0.2, 0.25) is 0 Å². The van der Waals surface area contributed by atoms with Gasteiger partial charge in [0.2, 0.25) is 5.95 Å². The molecule has 0 spiro atoms. The Bertz CT molecular complexity index is 898. The normalized spacial score (nSPS) is 12.9. The van der Waals surface area contributed by atoms with Crippen LogP contribution in [0, 0.1) is 0 Å². The van der Waals surface area contributed by atoms with Gasteiger partial charge in [-0.3, -0.25) is 0 Å². The van der Waals surface area contributed by atoms with Crippen molar-refractivity contribution < 1.29 is 4.74 Å². The van der Waals surface area contributed by atoms with Crippen LogP contribution in [0.5, 0.6) is 0 Å². The molecule has 5 heteroatoms. The molecule has 0 fully saturated rings. The second kappa shape index (κ2) is 8.18. The van der Waals surface area contributed by atoms with E-state index in [1.165, 1.54) is 11.3 Å². The van der Waals surface area contributed by atoms with Crippen molar-refractivity contribution in [3.8, 4) is 11.3 Å². The summed E-state index contributed by atoms with van der Waals surface area (Å²) in [6.07, 6.45) is 1.95. The van der Waals surface area contributed by atoms with E-state index < -0.39 is 0 Å². The van der Waals surface area contributed by atoms with Crippen molar-refractivity contribution >= 4 is 17.5 Å². The number of rotatable bonds is 7. The zero-order valence-electron chi connectivity index (χ0n) is 15.6. The quantitative estimate of drug-likeness (QED) is 0.637. The molecule has 2 heterocycles. The minimum absolute atomic E-state index is 0.659. The van der Waals surface area contributed by atoms with Crippen molar-refractivity contribution in [1.29, 1.82) is 0 Å². The second-order valence-corrected chi connectivity index (χ2v) is 6.60. The van der Waals surface area contributed by atoms with Crippen LogP contribution in [0.1, 0.15) is 12.0 Å². The van der Waals surface area contributed by atoms with Crippen molar-refractivity contribution in [2.75, 3.05) is 37.0 Å². The van der Waals surface area contributed by atoms with Gasteiger partial charge in [0.25, 0.3) is 0 Å². The molecule has 1 N–H and O–H groups in total. The van der Waals surface area contributed by atoms with Crippen LogP contribution in [-0.2, 0) is 11.2 Å². The topological polar surface area (TPSA) is 50.3 Å². The number of nitrogens with one attached hydrogen (secondary N) is 1. The first-order chi connectivity index (χ1) is 13.3. The van der Waals surface area contributed by atoms with Gasteiger partial charge in [0.1, 0.15) is 5.82 Å². The fourth-order valence-electron chi connectivity index (χ4n) is 3.40. The number of aromatic nitrogens is 2. The molecule has 1 aliphatic rings. The fraction of sp³-hybridized carbons (Fsp3) is 0.273. The van der Waals surface area contributed by atoms with E-state index >= 15 is 0 Å². The summed E-state index contributed by atoms with van der Waals surface area (Å²) in [5.41, 5.74) is 4.63. The maximum absolute atomic E-state index is 5.13. The number of methoxy groups -OCH3 is 1. The summed E-state index contributed by atoms with van der Waals surface area (Å²) >= 11 is 0. The Morgan fingerprint density at radius 3 is 2.70 bits per heavy atom. The van der Waals surface area contributed by atoms with Crippen LogP contribution in [0.15, 0.2) is 60.7 Å². The monoisotopic (exact) mass is 360 g/mol. The van der Waals surface area contributed by atoms with E-state index in [0.29, 0.717) is 5.95 Å². The lowest BCUT2D eigenvalue weighted by molar-refractivity contribution is 0.197. The number of hydrogen-bond donors (Lipinski definition) is 1. The number of ether oxygens (including phenoxy) is 1. The molecule has 0 unspecified atom stereocenters. The highest BCUT2D eigenvalue weighted by Gasteiger charge is 2.22. The standard InChI is InChI=1S/C22H24N4O/c1-27-15-7-13-23-22-24-19(17-8-3-2-4-9-17)16-21(25-22)26-14-12-18-10-5-6-11-20(18)26/h2-6,8-11,16H,7,12-15H2,1H3,(H,23,24,25). The van der Waals surface area contributed by atoms with Gasteiger partial charge in [0.15, 0.2) is 0 Å². The summed E-state index contributed by atoms with van der Waals surface area (Å²) in [5, 5.41) is 3.35. The van der Waals surface area contributed by atoms with Crippen LogP contribution in [-0.4, -0.2) is 36.8 Å². The molecule has 138 valence electrons. The third kappa shape index (κ3) is 3.93. The summed E-state index contributed by atoms with van der Waals surface area (Å²) in [6, 6.07) is 20.9.